The standard InChI is InChI=1S/C16H12O3/c1-18-13-8-5-9-14-12(13)10-15(19-14)16(17)11-6-3-2-4-7-11/h2-10H,1H3. The van der Waals surface area contributed by atoms with Crippen molar-refractivity contribution in [2.75, 3.05) is 7.11 Å². The molecule has 0 saturated heterocycles. The molecule has 3 aromatic rings. The zero-order valence-corrected chi connectivity index (χ0v) is 10.4. The Bertz CT molecular complexity index is 726. The first-order valence-corrected chi connectivity index (χ1v) is 5.96. The molecule has 3 nitrogen and oxygen atoms in total. The molecule has 0 unspecified atom stereocenters. The second kappa shape index (κ2) is 4.61. The average molecular weight is 252 g/mol. The molecule has 0 saturated carbocycles. The molecule has 1 heterocycles. The van der Waals surface area contributed by atoms with Crippen molar-refractivity contribution < 1.29 is 13.9 Å². The summed E-state index contributed by atoms with van der Waals surface area (Å²) in [5, 5.41) is 0.810. The Labute approximate surface area is 110 Å². The minimum absolute atomic E-state index is 0.126. The van der Waals surface area contributed by atoms with Crippen molar-refractivity contribution in [1.29, 1.82) is 0 Å². The van der Waals surface area contributed by atoms with Gasteiger partial charge in [-0.25, -0.2) is 0 Å². The van der Waals surface area contributed by atoms with Gasteiger partial charge >= 0.3 is 0 Å². The van der Waals surface area contributed by atoms with Crippen LogP contribution in [0, 0.1) is 0 Å². The van der Waals surface area contributed by atoms with E-state index < -0.39 is 0 Å². The van der Waals surface area contributed by atoms with Crippen LogP contribution in [0.1, 0.15) is 16.1 Å². The predicted octanol–water partition coefficient (Wildman–Crippen LogP) is 3.67. The Balaban J connectivity index is 2.09. The van der Waals surface area contributed by atoms with Crippen molar-refractivity contribution in [3.05, 3.63) is 65.9 Å². The van der Waals surface area contributed by atoms with Crippen LogP contribution in [0.2, 0.25) is 0 Å². The third-order valence-corrected chi connectivity index (χ3v) is 3.00. The van der Waals surface area contributed by atoms with Crippen LogP contribution >= 0.6 is 0 Å². The third kappa shape index (κ3) is 1.99. The first-order valence-electron chi connectivity index (χ1n) is 5.96. The van der Waals surface area contributed by atoms with E-state index in [9.17, 15) is 4.79 Å². The van der Waals surface area contributed by atoms with E-state index in [2.05, 4.69) is 0 Å². The monoisotopic (exact) mass is 252 g/mol. The summed E-state index contributed by atoms with van der Waals surface area (Å²) >= 11 is 0. The van der Waals surface area contributed by atoms with Crippen LogP contribution in [0.15, 0.2) is 59.0 Å². The summed E-state index contributed by atoms with van der Waals surface area (Å²) in [6.07, 6.45) is 0. The topological polar surface area (TPSA) is 39.4 Å². The van der Waals surface area contributed by atoms with Crippen LogP contribution in [0.5, 0.6) is 5.75 Å². The normalized spacial score (nSPS) is 10.6. The second-order valence-corrected chi connectivity index (χ2v) is 4.18. The highest BCUT2D eigenvalue weighted by Gasteiger charge is 2.15. The Hall–Kier alpha value is -2.55. The molecule has 0 radical (unpaired) electrons. The molecule has 19 heavy (non-hydrogen) atoms. The number of carbonyl (C=O) groups is 1. The van der Waals surface area contributed by atoms with Crippen LogP contribution < -0.4 is 4.74 Å². The van der Waals surface area contributed by atoms with Crippen LogP contribution in [-0.4, -0.2) is 12.9 Å². The largest absolute Gasteiger partial charge is 0.496 e. The number of ether oxygens (including phenoxy) is 1. The molecule has 3 rings (SSSR count). The van der Waals surface area contributed by atoms with Gasteiger partial charge in [0.15, 0.2) is 5.76 Å². The molecule has 2 aromatic carbocycles. The SMILES string of the molecule is COc1cccc2oc(C(=O)c3ccccc3)cc12. The van der Waals surface area contributed by atoms with Gasteiger partial charge in [-0.1, -0.05) is 36.4 Å². The minimum Gasteiger partial charge on any atom is -0.496 e. The zero-order valence-electron chi connectivity index (χ0n) is 10.4. The molecule has 0 spiro atoms. The number of furan rings is 1. The Kier molecular flexibility index (Phi) is 2.80. The maximum Gasteiger partial charge on any atom is 0.228 e. The number of rotatable bonds is 3. The lowest BCUT2D eigenvalue weighted by Crippen LogP contribution is -1.98. The molecule has 0 aliphatic carbocycles. The Morgan fingerprint density at radius 3 is 2.58 bits per heavy atom. The minimum atomic E-state index is -0.126. The van der Waals surface area contributed by atoms with Crippen molar-refractivity contribution in [3.8, 4) is 5.75 Å². The molecule has 94 valence electrons. The highest BCUT2D eigenvalue weighted by atomic mass is 16.5. The van der Waals surface area contributed by atoms with E-state index in [0.717, 1.165) is 5.39 Å². The molecular formula is C16H12O3. The van der Waals surface area contributed by atoms with Crippen LogP contribution in [0.4, 0.5) is 0 Å². The van der Waals surface area contributed by atoms with Gasteiger partial charge < -0.3 is 9.15 Å². The molecular weight excluding hydrogens is 240 g/mol. The van der Waals surface area contributed by atoms with Crippen molar-refractivity contribution >= 4 is 16.8 Å². The van der Waals surface area contributed by atoms with Crippen molar-refractivity contribution in [2.24, 2.45) is 0 Å². The van der Waals surface area contributed by atoms with Gasteiger partial charge in [-0.2, -0.15) is 0 Å². The summed E-state index contributed by atoms with van der Waals surface area (Å²) in [6, 6.07) is 16.3. The van der Waals surface area contributed by atoms with Crippen molar-refractivity contribution in [1.82, 2.24) is 0 Å². The molecule has 1 aromatic heterocycles. The molecule has 0 aliphatic rings. The van der Waals surface area contributed by atoms with E-state index in [1.165, 1.54) is 0 Å². The van der Waals surface area contributed by atoms with Gasteiger partial charge in [-0.3, -0.25) is 4.79 Å². The number of carbonyl (C=O) groups excluding carboxylic acids is 1. The number of benzene rings is 2. The van der Waals surface area contributed by atoms with E-state index in [1.807, 2.05) is 36.4 Å². The third-order valence-electron chi connectivity index (χ3n) is 3.00. The number of methoxy groups -OCH3 is 1. The highest BCUT2D eigenvalue weighted by Crippen LogP contribution is 2.29. The summed E-state index contributed by atoms with van der Waals surface area (Å²) in [5.74, 6) is 0.901. The molecule has 0 fully saturated rings. The van der Waals surface area contributed by atoms with Gasteiger partial charge in [0.1, 0.15) is 11.3 Å². The van der Waals surface area contributed by atoms with Crippen LogP contribution in [0.25, 0.3) is 11.0 Å². The second-order valence-electron chi connectivity index (χ2n) is 4.18. The maximum absolute atomic E-state index is 12.3. The van der Waals surface area contributed by atoms with Crippen molar-refractivity contribution in [3.63, 3.8) is 0 Å². The molecule has 0 aliphatic heterocycles. The summed E-state index contributed by atoms with van der Waals surface area (Å²) in [4.78, 5) is 12.3. The maximum atomic E-state index is 12.3. The van der Waals surface area contributed by atoms with Gasteiger partial charge in [0.2, 0.25) is 5.78 Å². The fraction of sp³-hybridized carbons (Fsp3) is 0.0625. The number of hydrogen-bond donors (Lipinski definition) is 0. The lowest BCUT2D eigenvalue weighted by atomic mass is 10.1. The smallest absolute Gasteiger partial charge is 0.228 e. The van der Waals surface area contributed by atoms with E-state index in [-0.39, 0.29) is 5.78 Å². The lowest BCUT2D eigenvalue weighted by Gasteiger charge is -1.98. The van der Waals surface area contributed by atoms with Crippen molar-refractivity contribution in [2.45, 2.75) is 0 Å². The molecule has 0 atom stereocenters. The number of hydrogen-bond acceptors (Lipinski definition) is 3. The van der Waals surface area contributed by atoms with Gasteiger partial charge in [-0.05, 0) is 18.2 Å². The first kappa shape index (κ1) is 11.5. The first-order chi connectivity index (χ1) is 9.29. The van der Waals surface area contributed by atoms with E-state index >= 15 is 0 Å². The molecule has 0 N–H and O–H groups in total. The summed E-state index contributed by atoms with van der Waals surface area (Å²) in [7, 11) is 1.60. The van der Waals surface area contributed by atoms with E-state index in [0.29, 0.717) is 22.7 Å². The predicted molar refractivity (Wildman–Crippen MR) is 72.6 cm³/mol. The average Bonchev–Trinajstić information content (AvgIpc) is 2.91. The summed E-state index contributed by atoms with van der Waals surface area (Å²) < 4.78 is 10.9. The molecule has 0 amide bonds. The molecule has 0 bridgehead atoms. The fourth-order valence-corrected chi connectivity index (χ4v) is 2.06. The fourth-order valence-electron chi connectivity index (χ4n) is 2.06. The van der Waals surface area contributed by atoms with Crippen LogP contribution in [0.3, 0.4) is 0 Å². The van der Waals surface area contributed by atoms with E-state index in [4.69, 9.17) is 9.15 Å². The zero-order chi connectivity index (χ0) is 13.2. The summed E-state index contributed by atoms with van der Waals surface area (Å²) in [6.45, 7) is 0. The number of fused-ring (bicyclic) bond motifs is 1. The lowest BCUT2D eigenvalue weighted by molar-refractivity contribution is 0.101. The van der Waals surface area contributed by atoms with Crippen LogP contribution in [-0.2, 0) is 0 Å². The molecule has 3 heteroatoms. The van der Waals surface area contributed by atoms with E-state index in [1.54, 1.807) is 25.3 Å². The quantitative estimate of drug-likeness (QED) is 0.667. The van der Waals surface area contributed by atoms with Gasteiger partial charge in [0, 0.05) is 5.56 Å². The number of ketones is 1. The summed E-state index contributed by atoms with van der Waals surface area (Å²) in [5.41, 5.74) is 1.26. The Morgan fingerprint density at radius 2 is 1.84 bits per heavy atom. The van der Waals surface area contributed by atoms with Gasteiger partial charge in [0.05, 0.1) is 12.5 Å². The van der Waals surface area contributed by atoms with Gasteiger partial charge in [0.25, 0.3) is 0 Å². The Morgan fingerprint density at radius 1 is 1.05 bits per heavy atom. The van der Waals surface area contributed by atoms with Gasteiger partial charge in [-0.15, -0.1) is 0 Å². The highest BCUT2D eigenvalue weighted by molar-refractivity contribution is 6.09.